The first-order valence-electron chi connectivity index (χ1n) is 3.23. The van der Waals surface area contributed by atoms with Gasteiger partial charge in [-0.2, -0.15) is 0 Å². The summed E-state index contributed by atoms with van der Waals surface area (Å²) in [6, 6.07) is 2.01. The lowest BCUT2D eigenvalue weighted by atomic mass is 10.4. The summed E-state index contributed by atoms with van der Waals surface area (Å²) in [7, 11) is 0. The molecule has 0 spiro atoms. The van der Waals surface area contributed by atoms with E-state index >= 15 is 0 Å². The lowest BCUT2D eigenvalue weighted by Crippen LogP contribution is -2.02. The lowest BCUT2D eigenvalue weighted by Gasteiger charge is -1.98. The highest BCUT2D eigenvalue weighted by Crippen LogP contribution is 2.36. The van der Waals surface area contributed by atoms with Crippen LogP contribution in [0.3, 0.4) is 0 Å². The van der Waals surface area contributed by atoms with Crippen LogP contribution in [0.4, 0.5) is 5.69 Å². The Labute approximate surface area is 64.0 Å². The minimum atomic E-state index is 0.499. The number of nitrogens with one attached hydrogen (secondary N) is 1. The van der Waals surface area contributed by atoms with Crippen LogP contribution in [-0.4, -0.2) is 10.4 Å². The topological polar surface area (TPSA) is 24.9 Å². The summed E-state index contributed by atoms with van der Waals surface area (Å²) < 4.78 is 0. The van der Waals surface area contributed by atoms with E-state index in [1.807, 2.05) is 30.2 Å². The molecular formula is C7H8N2S. The molecule has 0 aromatic carbocycles. The monoisotopic (exact) mass is 152 g/mol. The standard InChI is InChI=1S/C7H8N2S/c1-5-9-6-2-3-8-4-7(6)10-5/h2-5,9H,1H3. The average molecular weight is 152 g/mol. The largest absolute Gasteiger partial charge is 0.372 e. The summed E-state index contributed by atoms with van der Waals surface area (Å²) in [4.78, 5) is 5.29. The molecule has 1 N–H and O–H groups in total. The van der Waals surface area contributed by atoms with Gasteiger partial charge in [-0.05, 0) is 13.0 Å². The fourth-order valence-electron chi connectivity index (χ4n) is 1.03. The third-order valence-corrected chi connectivity index (χ3v) is 2.50. The first kappa shape index (κ1) is 6.04. The van der Waals surface area contributed by atoms with Crippen molar-refractivity contribution in [2.24, 2.45) is 0 Å². The summed E-state index contributed by atoms with van der Waals surface area (Å²) in [6.45, 7) is 2.14. The van der Waals surface area contributed by atoms with Gasteiger partial charge < -0.3 is 5.32 Å². The van der Waals surface area contributed by atoms with Crippen LogP contribution in [0.5, 0.6) is 0 Å². The number of hydrogen-bond donors (Lipinski definition) is 1. The zero-order valence-corrected chi connectivity index (χ0v) is 6.48. The molecular weight excluding hydrogens is 144 g/mol. The highest BCUT2D eigenvalue weighted by atomic mass is 32.2. The van der Waals surface area contributed by atoms with E-state index in [1.54, 1.807) is 0 Å². The third kappa shape index (κ3) is 0.865. The van der Waals surface area contributed by atoms with Crippen LogP contribution in [0.2, 0.25) is 0 Å². The van der Waals surface area contributed by atoms with Gasteiger partial charge >= 0.3 is 0 Å². The number of anilines is 1. The van der Waals surface area contributed by atoms with E-state index in [-0.39, 0.29) is 0 Å². The van der Waals surface area contributed by atoms with Crippen LogP contribution < -0.4 is 5.32 Å². The van der Waals surface area contributed by atoms with E-state index in [0.717, 1.165) is 0 Å². The molecule has 0 saturated carbocycles. The van der Waals surface area contributed by atoms with Crippen molar-refractivity contribution in [2.75, 3.05) is 5.32 Å². The molecule has 0 radical (unpaired) electrons. The minimum absolute atomic E-state index is 0.499. The van der Waals surface area contributed by atoms with Crippen molar-refractivity contribution >= 4 is 17.4 Å². The van der Waals surface area contributed by atoms with Gasteiger partial charge in [0.25, 0.3) is 0 Å². The Morgan fingerprint density at radius 2 is 2.60 bits per heavy atom. The van der Waals surface area contributed by atoms with Gasteiger partial charge in [-0.3, -0.25) is 4.98 Å². The fraction of sp³-hybridized carbons (Fsp3) is 0.286. The van der Waals surface area contributed by atoms with Crippen molar-refractivity contribution in [2.45, 2.75) is 17.2 Å². The molecule has 1 aromatic rings. The van der Waals surface area contributed by atoms with E-state index in [0.29, 0.717) is 5.37 Å². The number of aromatic nitrogens is 1. The van der Waals surface area contributed by atoms with Crippen molar-refractivity contribution < 1.29 is 0 Å². The Morgan fingerprint density at radius 3 is 3.40 bits per heavy atom. The van der Waals surface area contributed by atoms with Gasteiger partial charge in [-0.15, -0.1) is 0 Å². The van der Waals surface area contributed by atoms with E-state index in [2.05, 4.69) is 17.2 Å². The molecule has 2 nitrogen and oxygen atoms in total. The van der Waals surface area contributed by atoms with Gasteiger partial charge in [-0.1, -0.05) is 11.8 Å². The molecule has 52 valence electrons. The normalized spacial score (nSPS) is 21.9. The molecule has 0 bridgehead atoms. The van der Waals surface area contributed by atoms with Crippen molar-refractivity contribution in [3.05, 3.63) is 18.5 Å². The van der Waals surface area contributed by atoms with Crippen LogP contribution in [0, 0.1) is 0 Å². The molecule has 0 saturated heterocycles. The molecule has 0 amide bonds. The molecule has 1 unspecified atom stereocenters. The molecule has 0 fully saturated rings. The van der Waals surface area contributed by atoms with E-state index in [9.17, 15) is 0 Å². The van der Waals surface area contributed by atoms with Crippen molar-refractivity contribution in [1.29, 1.82) is 0 Å². The maximum atomic E-state index is 4.03. The van der Waals surface area contributed by atoms with Crippen LogP contribution >= 0.6 is 11.8 Å². The van der Waals surface area contributed by atoms with Crippen molar-refractivity contribution in [3.8, 4) is 0 Å². The second-order valence-electron chi connectivity index (χ2n) is 2.28. The lowest BCUT2D eigenvalue weighted by molar-refractivity contribution is 1.14. The summed E-state index contributed by atoms with van der Waals surface area (Å²) in [6.07, 6.45) is 3.71. The predicted molar refractivity (Wildman–Crippen MR) is 43.2 cm³/mol. The Morgan fingerprint density at radius 1 is 1.70 bits per heavy atom. The van der Waals surface area contributed by atoms with Gasteiger partial charge in [0.2, 0.25) is 0 Å². The van der Waals surface area contributed by atoms with Crippen LogP contribution in [0.15, 0.2) is 23.4 Å². The molecule has 1 aliphatic rings. The van der Waals surface area contributed by atoms with E-state index in [1.165, 1.54) is 10.6 Å². The molecule has 3 heteroatoms. The van der Waals surface area contributed by atoms with Gasteiger partial charge in [0.05, 0.1) is 16.0 Å². The van der Waals surface area contributed by atoms with Crippen molar-refractivity contribution in [3.63, 3.8) is 0 Å². The van der Waals surface area contributed by atoms with Crippen LogP contribution in [0.25, 0.3) is 0 Å². The molecule has 10 heavy (non-hydrogen) atoms. The Kier molecular flexibility index (Phi) is 1.31. The molecule has 1 atom stereocenters. The number of rotatable bonds is 0. The summed E-state index contributed by atoms with van der Waals surface area (Å²) >= 11 is 1.82. The smallest absolute Gasteiger partial charge is 0.0742 e. The summed E-state index contributed by atoms with van der Waals surface area (Å²) in [5.74, 6) is 0. The van der Waals surface area contributed by atoms with Crippen LogP contribution in [-0.2, 0) is 0 Å². The van der Waals surface area contributed by atoms with E-state index < -0.39 is 0 Å². The van der Waals surface area contributed by atoms with Crippen molar-refractivity contribution in [1.82, 2.24) is 4.98 Å². The first-order chi connectivity index (χ1) is 4.86. The second-order valence-corrected chi connectivity index (χ2v) is 3.66. The predicted octanol–water partition coefficient (Wildman–Crippen LogP) is 1.95. The highest BCUT2D eigenvalue weighted by Gasteiger charge is 2.15. The molecule has 0 aliphatic carbocycles. The third-order valence-electron chi connectivity index (χ3n) is 1.45. The quantitative estimate of drug-likeness (QED) is 0.615. The SMILES string of the molecule is CC1Nc2ccncc2S1. The Bertz CT molecular complexity index is 224. The molecule has 1 aliphatic heterocycles. The van der Waals surface area contributed by atoms with Gasteiger partial charge in [-0.25, -0.2) is 0 Å². The summed E-state index contributed by atoms with van der Waals surface area (Å²) in [5, 5.41) is 3.82. The maximum Gasteiger partial charge on any atom is 0.0742 e. The Balaban J connectivity index is 2.42. The van der Waals surface area contributed by atoms with Gasteiger partial charge in [0.15, 0.2) is 0 Å². The summed E-state index contributed by atoms with van der Waals surface area (Å²) in [5.41, 5.74) is 1.22. The molecule has 2 heterocycles. The number of fused-ring (bicyclic) bond motifs is 1. The zero-order chi connectivity index (χ0) is 6.97. The molecule has 1 aromatic heterocycles. The van der Waals surface area contributed by atoms with E-state index in [4.69, 9.17) is 0 Å². The number of nitrogens with zero attached hydrogens (tertiary/aromatic N) is 1. The average Bonchev–Trinajstić information content (AvgIpc) is 2.27. The first-order valence-corrected chi connectivity index (χ1v) is 4.11. The van der Waals surface area contributed by atoms with Gasteiger partial charge in [0.1, 0.15) is 0 Å². The number of hydrogen-bond acceptors (Lipinski definition) is 3. The highest BCUT2D eigenvalue weighted by molar-refractivity contribution is 8.00. The zero-order valence-electron chi connectivity index (χ0n) is 5.66. The fourth-order valence-corrected chi connectivity index (χ4v) is 1.97. The molecule has 2 rings (SSSR count). The maximum absolute atomic E-state index is 4.03. The van der Waals surface area contributed by atoms with Crippen LogP contribution in [0.1, 0.15) is 6.92 Å². The second kappa shape index (κ2) is 2.16. The number of thioether (sulfide) groups is 1. The minimum Gasteiger partial charge on any atom is -0.372 e. The Hall–Kier alpha value is -0.700. The number of pyridine rings is 1. The van der Waals surface area contributed by atoms with Gasteiger partial charge in [0, 0.05) is 12.4 Å².